The Bertz CT molecular complexity index is 1220. The minimum atomic E-state index is -0.480. The number of halogens is 1. The van der Waals surface area contributed by atoms with Gasteiger partial charge in [0.05, 0.1) is 6.33 Å². The molecule has 0 radical (unpaired) electrons. The van der Waals surface area contributed by atoms with E-state index in [0.717, 1.165) is 42.2 Å². The first-order valence-electron chi connectivity index (χ1n) is 10.5. The smallest absolute Gasteiger partial charge is 0.332 e. The van der Waals surface area contributed by atoms with E-state index in [-0.39, 0.29) is 35.5 Å². The van der Waals surface area contributed by atoms with Crippen LogP contribution in [0.5, 0.6) is 0 Å². The zero-order valence-corrected chi connectivity index (χ0v) is 17.8. The second-order valence-corrected chi connectivity index (χ2v) is 8.19. The Kier molecular flexibility index (Phi) is 5.75. The molecule has 4 rings (SSSR count). The van der Waals surface area contributed by atoms with Crippen molar-refractivity contribution in [2.24, 2.45) is 14.1 Å². The van der Waals surface area contributed by atoms with Crippen LogP contribution < -0.4 is 11.2 Å². The molecule has 1 fully saturated rings. The van der Waals surface area contributed by atoms with Crippen molar-refractivity contribution in [1.82, 2.24) is 23.6 Å². The molecule has 1 aliphatic carbocycles. The van der Waals surface area contributed by atoms with Crippen LogP contribution in [0.3, 0.4) is 0 Å². The highest BCUT2D eigenvalue weighted by Crippen LogP contribution is 2.25. The number of benzene rings is 1. The lowest BCUT2D eigenvalue weighted by atomic mass is 9.93. The number of fused-ring (bicyclic) bond motifs is 1. The third-order valence-electron chi connectivity index (χ3n) is 6.12. The number of imidazole rings is 1. The lowest BCUT2D eigenvalue weighted by Crippen LogP contribution is -2.43. The molecule has 164 valence electrons. The van der Waals surface area contributed by atoms with Crippen LogP contribution in [0.2, 0.25) is 0 Å². The molecule has 8 nitrogen and oxygen atoms in total. The highest BCUT2D eigenvalue weighted by atomic mass is 19.1. The summed E-state index contributed by atoms with van der Waals surface area (Å²) in [5, 5.41) is 0. The largest absolute Gasteiger partial charge is 0.334 e. The Balaban J connectivity index is 1.66. The number of hydrogen-bond acceptors (Lipinski definition) is 4. The van der Waals surface area contributed by atoms with E-state index in [1.165, 1.54) is 34.6 Å². The van der Waals surface area contributed by atoms with E-state index < -0.39 is 11.2 Å². The molecule has 0 N–H and O–H groups in total. The van der Waals surface area contributed by atoms with Gasteiger partial charge in [0.1, 0.15) is 12.4 Å². The van der Waals surface area contributed by atoms with Crippen LogP contribution >= 0.6 is 0 Å². The molecule has 2 heterocycles. The maximum Gasteiger partial charge on any atom is 0.332 e. The van der Waals surface area contributed by atoms with Gasteiger partial charge in [-0.1, -0.05) is 31.4 Å². The van der Waals surface area contributed by atoms with Crippen LogP contribution in [-0.4, -0.2) is 35.5 Å². The molecule has 1 amide bonds. The summed E-state index contributed by atoms with van der Waals surface area (Å²) in [5.74, 6) is -0.447. The van der Waals surface area contributed by atoms with Crippen molar-refractivity contribution in [2.45, 2.75) is 51.2 Å². The summed E-state index contributed by atoms with van der Waals surface area (Å²) in [6.07, 6.45) is 6.57. The number of aromatic nitrogens is 4. The van der Waals surface area contributed by atoms with Crippen molar-refractivity contribution in [3.8, 4) is 0 Å². The van der Waals surface area contributed by atoms with Gasteiger partial charge >= 0.3 is 5.69 Å². The molecule has 1 aliphatic rings. The normalized spacial score (nSPS) is 14.8. The first-order chi connectivity index (χ1) is 14.9. The number of nitrogens with zero attached hydrogens (tertiary/aromatic N) is 5. The number of aryl methyl sites for hydroxylation is 1. The zero-order valence-electron chi connectivity index (χ0n) is 17.8. The molecule has 2 aromatic heterocycles. The minimum absolute atomic E-state index is 0.0539. The lowest BCUT2D eigenvalue weighted by molar-refractivity contribution is -0.135. The summed E-state index contributed by atoms with van der Waals surface area (Å²) < 4.78 is 17.2. The summed E-state index contributed by atoms with van der Waals surface area (Å²) in [7, 11) is 2.96. The van der Waals surface area contributed by atoms with Crippen LogP contribution in [0.15, 0.2) is 40.2 Å². The first-order valence-corrected chi connectivity index (χ1v) is 10.5. The van der Waals surface area contributed by atoms with E-state index >= 15 is 0 Å². The predicted molar refractivity (Wildman–Crippen MR) is 114 cm³/mol. The summed E-state index contributed by atoms with van der Waals surface area (Å²) in [4.78, 5) is 44.3. The second-order valence-electron chi connectivity index (χ2n) is 8.19. The SMILES string of the molecule is Cn1c(=O)c2c(ncn2CC(=O)N(Cc2ccc(F)cc2)C2CCCCC2)n(C)c1=O. The minimum Gasteiger partial charge on any atom is -0.334 e. The summed E-state index contributed by atoms with van der Waals surface area (Å²) in [5.41, 5.74) is 0.390. The van der Waals surface area contributed by atoms with Crippen molar-refractivity contribution >= 4 is 17.1 Å². The molecule has 1 aromatic carbocycles. The quantitative estimate of drug-likeness (QED) is 0.623. The average Bonchev–Trinajstić information content (AvgIpc) is 3.20. The van der Waals surface area contributed by atoms with Crippen molar-refractivity contribution in [1.29, 1.82) is 0 Å². The van der Waals surface area contributed by atoms with Gasteiger partial charge in [0.2, 0.25) is 5.91 Å². The predicted octanol–water partition coefficient (Wildman–Crippen LogP) is 1.93. The number of carbonyl (C=O) groups excluding carboxylic acids is 1. The van der Waals surface area contributed by atoms with Crippen molar-refractivity contribution < 1.29 is 9.18 Å². The van der Waals surface area contributed by atoms with E-state index in [2.05, 4.69) is 4.98 Å². The van der Waals surface area contributed by atoms with Crippen molar-refractivity contribution in [3.63, 3.8) is 0 Å². The standard InChI is InChI=1S/C22H26FN5O3/c1-25-20-19(21(30)26(2)22(25)31)27(14-24-20)13-18(29)28(17-6-4-3-5-7-17)12-15-8-10-16(23)11-9-15/h8-11,14,17H,3-7,12-13H2,1-2H3. The average molecular weight is 427 g/mol. The van der Waals surface area contributed by atoms with E-state index in [1.54, 1.807) is 19.2 Å². The van der Waals surface area contributed by atoms with Crippen LogP contribution in [0, 0.1) is 5.82 Å². The molecule has 0 unspecified atom stereocenters. The molecule has 9 heteroatoms. The summed E-state index contributed by atoms with van der Waals surface area (Å²) in [6, 6.07) is 6.28. The van der Waals surface area contributed by atoms with Crippen molar-refractivity contribution in [2.75, 3.05) is 0 Å². The highest BCUT2D eigenvalue weighted by Gasteiger charge is 2.27. The Morgan fingerprint density at radius 1 is 1.10 bits per heavy atom. The maximum absolute atomic E-state index is 13.4. The Morgan fingerprint density at radius 2 is 1.77 bits per heavy atom. The van der Waals surface area contributed by atoms with Gasteiger partial charge in [-0.2, -0.15) is 0 Å². The topological polar surface area (TPSA) is 82.1 Å². The highest BCUT2D eigenvalue weighted by molar-refractivity contribution is 5.79. The molecular formula is C22H26FN5O3. The number of carbonyl (C=O) groups is 1. The number of hydrogen-bond donors (Lipinski definition) is 0. The Morgan fingerprint density at radius 3 is 2.45 bits per heavy atom. The number of rotatable bonds is 5. The fourth-order valence-electron chi connectivity index (χ4n) is 4.35. The lowest BCUT2D eigenvalue weighted by Gasteiger charge is -2.34. The summed E-state index contributed by atoms with van der Waals surface area (Å²) in [6.45, 7) is 0.328. The molecule has 0 spiro atoms. The molecule has 3 aromatic rings. The van der Waals surface area contributed by atoms with Crippen LogP contribution in [0.4, 0.5) is 4.39 Å². The van der Waals surface area contributed by atoms with Gasteiger partial charge < -0.3 is 9.47 Å². The molecule has 0 atom stereocenters. The molecule has 1 saturated carbocycles. The molecular weight excluding hydrogens is 401 g/mol. The maximum atomic E-state index is 13.4. The monoisotopic (exact) mass is 427 g/mol. The van der Waals surface area contributed by atoms with Gasteiger partial charge in [-0.25, -0.2) is 14.2 Å². The number of amides is 1. The fraction of sp³-hybridized carbons (Fsp3) is 0.455. The van der Waals surface area contributed by atoms with Crippen LogP contribution in [0.25, 0.3) is 11.2 Å². The van der Waals surface area contributed by atoms with Gasteiger partial charge in [0.25, 0.3) is 5.56 Å². The second kappa shape index (κ2) is 8.49. The van der Waals surface area contributed by atoms with Gasteiger partial charge in [0, 0.05) is 26.7 Å². The van der Waals surface area contributed by atoms with Gasteiger partial charge in [-0.15, -0.1) is 0 Å². The third-order valence-corrected chi connectivity index (χ3v) is 6.12. The molecule has 0 bridgehead atoms. The summed E-state index contributed by atoms with van der Waals surface area (Å²) >= 11 is 0. The van der Waals surface area contributed by atoms with E-state index in [1.807, 2.05) is 4.90 Å². The zero-order chi connectivity index (χ0) is 22.1. The van der Waals surface area contributed by atoms with Crippen LogP contribution in [0.1, 0.15) is 37.7 Å². The third kappa shape index (κ3) is 4.04. The Labute approximate surface area is 178 Å². The van der Waals surface area contributed by atoms with Gasteiger partial charge in [0.15, 0.2) is 11.2 Å². The molecule has 31 heavy (non-hydrogen) atoms. The molecule has 0 saturated heterocycles. The van der Waals surface area contributed by atoms with E-state index in [9.17, 15) is 18.8 Å². The van der Waals surface area contributed by atoms with E-state index in [0.29, 0.717) is 6.54 Å². The van der Waals surface area contributed by atoms with Gasteiger partial charge in [-0.3, -0.25) is 18.7 Å². The molecule has 0 aliphatic heterocycles. The first kappa shape index (κ1) is 21.0. The Hall–Kier alpha value is -3.23. The van der Waals surface area contributed by atoms with E-state index in [4.69, 9.17) is 0 Å². The van der Waals surface area contributed by atoms with Crippen LogP contribution in [-0.2, 0) is 32.0 Å². The van der Waals surface area contributed by atoms with Gasteiger partial charge in [-0.05, 0) is 30.5 Å². The van der Waals surface area contributed by atoms with Crippen molar-refractivity contribution in [3.05, 3.63) is 62.8 Å². The fourth-order valence-corrected chi connectivity index (χ4v) is 4.35.